The third kappa shape index (κ3) is 40.5. The highest BCUT2D eigenvalue weighted by atomic mass is 16.8. The molecule has 1 amide bonds. The monoisotopic (exact) mass is 1410 g/mol. The lowest BCUT2D eigenvalue weighted by atomic mass is 9.96. The van der Waals surface area contributed by atoms with Crippen molar-refractivity contribution in [1.29, 1.82) is 0 Å². The summed E-state index contributed by atoms with van der Waals surface area (Å²) < 4.78 is 34.4. The zero-order chi connectivity index (χ0) is 72.5. The number of hydrogen-bond donors (Lipinski definition) is 12. The minimum absolute atomic E-state index is 0.217. The molecule has 0 aromatic rings. The molecule has 0 aliphatic carbocycles. The van der Waals surface area contributed by atoms with Gasteiger partial charge in [0.25, 0.3) is 0 Å². The molecule has 574 valence electrons. The number of ether oxygens (including phenoxy) is 6. The number of nitrogens with one attached hydrogen (secondary N) is 1. The van der Waals surface area contributed by atoms with Gasteiger partial charge in [0.05, 0.1) is 38.6 Å². The number of carbonyl (C=O) groups is 1. The quantitative estimate of drug-likeness (QED) is 0.0199. The van der Waals surface area contributed by atoms with Gasteiger partial charge >= 0.3 is 0 Å². The number of aliphatic hydroxyl groups is 11. The predicted octanol–water partition coefficient (Wildman–Crippen LogP) is 12.3. The second-order valence-electron chi connectivity index (χ2n) is 27.1. The topological polar surface area (TPSA) is 307 Å². The summed E-state index contributed by atoms with van der Waals surface area (Å²) >= 11 is 0. The Morgan fingerprint density at radius 1 is 0.370 bits per heavy atom. The molecule has 3 aliphatic heterocycles. The number of rotatable bonds is 59. The van der Waals surface area contributed by atoms with Gasteiger partial charge in [-0.1, -0.05) is 264 Å². The molecule has 3 saturated heterocycles. The molecule has 3 rings (SSSR count). The minimum Gasteiger partial charge on any atom is -0.394 e. The second kappa shape index (κ2) is 60.5. The van der Waals surface area contributed by atoms with Crippen molar-refractivity contribution in [2.45, 2.75) is 356 Å². The van der Waals surface area contributed by atoms with Crippen LogP contribution in [0.5, 0.6) is 0 Å². The van der Waals surface area contributed by atoms with E-state index in [2.05, 4.69) is 129 Å². The van der Waals surface area contributed by atoms with Gasteiger partial charge in [-0.15, -0.1) is 0 Å². The zero-order valence-corrected chi connectivity index (χ0v) is 61.1. The molecule has 17 unspecified atom stereocenters. The zero-order valence-electron chi connectivity index (χ0n) is 61.1. The molecular formula is C81H137NO18. The van der Waals surface area contributed by atoms with Crippen molar-refractivity contribution in [2.24, 2.45) is 0 Å². The highest BCUT2D eigenvalue weighted by molar-refractivity contribution is 5.76. The molecule has 0 saturated carbocycles. The van der Waals surface area contributed by atoms with Crippen LogP contribution in [0.2, 0.25) is 0 Å². The number of hydrogen-bond acceptors (Lipinski definition) is 18. The first-order chi connectivity index (χ1) is 48.8. The van der Waals surface area contributed by atoms with Crippen molar-refractivity contribution < 1.29 is 89.4 Å². The number of aliphatic hydroxyl groups excluding tert-OH is 11. The van der Waals surface area contributed by atoms with E-state index in [0.29, 0.717) is 12.8 Å². The van der Waals surface area contributed by atoms with Crippen molar-refractivity contribution in [3.8, 4) is 0 Å². The van der Waals surface area contributed by atoms with E-state index in [1.807, 2.05) is 6.08 Å². The molecule has 100 heavy (non-hydrogen) atoms. The molecule has 12 N–H and O–H groups in total. The molecule has 0 bridgehead atoms. The van der Waals surface area contributed by atoms with Gasteiger partial charge in [0.2, 0.25) is 5.91 Å². The fourth-order valence-corrected chi connectivity index (χ4v) is 12.3. The van der Waals surface area contributed by atoms with Gasteiger partial charge in [-0.3, -0.25) is 4.79 Å². The van der Waals surface area contributed by atoms with E-state index < -0.39 is 124 Å². The van der Waals surface area contributed by atoms with Gasteiger partial charge in [0.1, 0.15) is 73.2 Å². The van der Waals surface area contributed by atoms with Gasteiger partial charge in [-0.25, -0.2) is 0 Å². The molecular weight excluding hydrogens is 1270 g/mol. The highest BCUT2D eigenvalue weighted by Crippen LogP contribution is 2.33. The Morgan fingerprint density at radius 2 is 0.700 bits per heavy atom. The number of unbranched alkanes of at least 4 members (excludes halogenated alkanes) is 25. The molecule has 19 nitrogen and oxygen atoms in total. The molecule has 0 spiro atoms. The van der Waals surface area contributed by atoms with E-state index >= 15 is 0 Å². The minimum atomic E-state index is -1.99. The largest absolute Gasteiger partial charge is 0.394 e. The molecule has 0 radical (unpaired) electrons. The van der Waals surface area contributed by atoms with Crippen LogP contribution < -0.4 is 5.32 Å². The van der Waals surface area contributed by atoms with Crippen LogP contribution in [0.4, 0.5) is 0 Å². The predicted molar refractivity (Wildman–Crippen MR) is 397 cm³/mol. The Kier molecular flexibility index (Phi) is 54.7. The Bertz CT molecular complexity index is 2280. The van der Waals surface area contributed by atoms with Crippen LogP contribution in [-0.4, -0.2) is 193 Å². The maximum atomic E-state index is 13.5. The molecule has 0 aromatic carbocycles. The summed E-state index contributed by atoms with van der Waals surface area (Å²) in [7, 11) is 0. The summed E-state index contributed by atoms with van der Waals surface area (Å²) in [6.45, 7) is 1.59. The van der Waals surface area contributed by atoms with Crippen LogP contribution in [0, 0.1) is 0 Å². The van der Waals surface area contributed by atoms with Crippen LogP contribution >= 0.6 is 0 Å². The fourth-order valence-electron chi connectivity index (χ4n) is 12.3. The Hall–Kier alpha value is -3.81. The smallest absolute Gasteiger partial charge is 0.220 e. The summed E-state index contributed by atoms with van der Waals surface area (Å²) in [6.07, 6.45) is 57.4. The van der Waals surface area contributed by atoms with Crippen molar-refractivity contribution in [1.82, 2.24) is 5.32 Å². The first kappa shape index (κ1) is 90.4. The Balaban J connectivity index is 1.42. The summed E-state index contributed by atoms with van der Waals surface area (Å²) in [5.41, 5.74) is 0. The second-order valence-corrected chi connectivity index (χ2v) is 27.1. The lowest BCUT2D eigenvalue weighted by Gasteiger charge is -2.48. The number of amides is 1. The van der Waals surface area contributed by atoms with Crippen LogP contribution in [0.3, 0.4) is 0 Å². The van der Waals surface area contributed by atoms with Gasteiger partial charge in [-0.2, -0.15) is 0 Å². The Labute approximate surface area is 601 Å². The van der Waals surface area contributed by atoms with Gasteiger partial charge in [-0.05, 0) is 103 Å². The van der Waals surface area contributed by atoms with Crippen molar-refractivity contribution in [3.63, 3.8) is 0 Å². The lowest BCUT2D eigenvalue weighted by molar-refractivity contribution is -0.379. The molecule has 0 aromatic heterocycles. The molecule has 3 fully saturated rings. The summed E-state index contributed by atoms with van der Waals surface area (Å²) in [6, 6.07) is -1.01. The van der Waals surface area contributed by atoms with Gasteiger partial charge < -0.3 is 89.9 Å². The molecule has 19 heteroatoms. The van der Waals surface area contributed by atoms with E-state index in [4.69, 9.17) is 28.4 Å². The maximum absolute atomic E-state index is 13.5. The van der Waals surface area contributed by atoms with Gasteiger partial charge in [0, 0.05) is 6.42 Å². The average Bonchev–Trinajstić information content (AvgIpc) is 0.783. The van der Waals surface area contributed by atoms with Crippen LogP contribution in [0.25, 0.3) is 0 Å². The van der Waals surface area contributed by atoms with Crippen LogP contribution in [-0.2, 0) is 33.2 Å². The van der Waals surface area contributed by atoms with Crippen LogP contribution in [0.15, 0.2) is 122 Å². The van der Waals surface area contributed by atoms with Crippen molar-refractivity contribution in [2.75, 3.05) is 26.4 Å². The molecule has 3 heterocycles. The molecule has 3 aliphatic rings. The van der Waals surface area contributed by atoms with E-state index in [0.717, 1.165) is 103 Å². The first-order valence-electron chi connectivity index (χ1n) is 38.8. The summed E-state index contributed by atoms with van der Waals surface area (Å²) in [4.78, 5) is 13.5. The lowest BCUT2D eigenvalue weighted by Crippen LogP contribution is -2.66. The van der Waals surface area contributed by atoms with Gasteiger partial charge in [0.15, 0.2) is 18.9 Å². The first-order valence-corrected chi connectivity index (χ1v) is 38.8. The SMILES string of the molecule is CC/C=C\C/C=C\C/C=C\C/C=C\C/C=C\C/C=C\C/C=C\CCCCCCCCCCCC(=O)NC(COC1OC(CO)C(OC2OC(CO)C(OC3OC(CO)C(O)C(O)C3O)C(O)C2O)C(O)C1O)C(O)/C=C/CC/C=C/CC/C=C/CCCCCCCCCCCCCCCC. The number of carbonyl (C=O) groups excluding carboxylic acids is 1. The summed E-state index contributed by atoms with van der Waals surface area (Å²) in [5, 5.41) is 121. The fraction of sp³-hybridized carbons (Fsp3) is 0.741. The third-order valence-electron chi connectivity index (χ3n) is 18.5. The van der Waals surface area contributed by atoms with E-state index in [9.17, 15) is 61.0 Å². The van der Waals surface area contributed by atoms with Crippen molar-refractivity contribution >= 4 is 5.91 Å². The van der Waals surface area contributed by atoms with E-state index in [1.165, 1.54) is 116 Å². The number of allylic oxidation sites excluding steroid dienone is 19. The third-order valence-corrected chi connectivity index (χ3v) is 18.5. The molecule has 17 atom stereocenters. The van der Waals surface area contributed by atoms with Crippen molar-refractivity contribution in [3.05, 3.63) is 122 Å². The standard InChI is InChI=1S/C81H137NO18/c1-3-5-7-9-11-13-15-17-19-21-23-25-27-29-30-31-32-33-34-35-37-39-41-43-45-47-49-51-53-55-57-59-69(87)82-64(65(86)58-56-54-52-50-48-46-44-42-40-38-36-28-26-24-22-20-18-16-14-12-10-8-6-4-2)63-95-79-75(93)72(90)77(67(61-84)97-79)100-81-76(94)73(91)78(68(62-85)98-81)99-80-74(92)71(89)70(88)66(60-83)96-80/h5,7,11,13,17,19,23,25,29-30,32-33,35,37,40,42,48,50,56,58,64-68,70-81,83-86,88-94H,3-4,6,8-10,12,14-16,18,20-22,24,26-28,31,34,36,38-39,41,43-47,49,51-55,57,59-63H2,1-2H3,(H,82,87)/b7-5-,13-11-,19-17-,25-23-,30-29-,33-32-,37-35-,42-40+,50-48+,58-56+. The van der Waals surface area contributed by atoms with Crippen LogP contribution in [0.1, 0.15) is 251 Å². The normalized spacial score (nSPS) is 27.1. The van der Waals surface area contributed by atoms with E-state index in [-0.39, 0.29) is 18.9 Å². The summed E-state index contributed by atoms with van der Waals surface area (Å²) in [5.74, 6) is -0.300. The average molecular weight is 1410 g/mol. The maximum Gasteiger partial charge on any atom is 0.220 e. The van der Waals surface area contributed by atoms with E-state index in [1.54, 1.807) is 6.08 Å². The Morgan fingerprint density at radius 3 is 1.12 bits per heavy atom. The highest BCUT2D eigenvalue weighted by Gasteiger charge is 2.53.